The van der Waals surface area contributed by atoms with Gasteiger partial charge < -0.3 is 5.11 Å². The maximum atomic E-state index is 11.0. The monoisotopic (exact) mass is 285 g/mol. The third-order valence-corrected chi connectivity index (χ3v) is 5.74. The van der Waals surface area contributed by atoms with Crippen LogP contribution in [0.25, 0.3) is 0 Å². The number of nitrogens with zero attached hydrogens (tertiary/aromatic N) is 1. The van der Waals surface area contributed by atoms with Crippen LogP contribution in [0.2, 0.25) is 0 Å². The molecule has 18 heavy (non-hydrogen) atoms. The summed E-state index contributed by atoms with van der Waals surface area (Å²) in [6.45, 7) is 5.32. The van der Waals surface area contributed by atoms with Crippen molar-refractivity contribution in [2.75, 3.05) is 18.1 Å². The third kappa shape index (κ3) is 3.08. The Kier molecular flexibility index (Phi) is 4.70. The minimum Gasteiger partial charge on any atom is -0.481 e. The Morgan fingerprint density at radius 1 is 1.67 bits per heavy atom. The number of thiophene rings is 1. The molecule has 2 heterocycles. The Bertz CT molecular complexity index is 419. The van der Waals surface area contributed by atoms with Gasteiger partial charge in [-0.05, 0) is 30.9 Å². The van der Waals surface area contributed by atoms with Crippen LogP contribution in [0.1, 0.15) is 29.8 Å². The topological polar surface area (TPSA) is 40.5 Å². The normalized spacial score (nSPS) is 22.9. The number of aliphatic carboxylic acids is 1. The van der Waals surface area contributed by atoms with Crippen molar-refractivity contribution in [1.29, 1.82) is 0 Å². The van der Waals surface area contributed by atoms with E-state index in [9.17, 15) is 4.79 Å². The van der Waals surface area contributed by atoms with Gasteiger partial charge in [0.2, 0.25) is 0 Å². The quantitative estimate of drug-likeness (QED) is 0.923. The molecule has 0 aromatic carbocycles. The van der Waals surface area contributed by atoms with E-state index in [1.165, 1.54) is 10.4 Å². The Hall–Kier alpha value is -0.520. The summed E-state index contributed by atoms with van der Waals surface area (Å²) in [5.41, 5.74) is 1.32. The molecule has 2 unspecified atom stereocenters. The highest BCUT2D eigenvalue weighted by Gasteiger charge is 2.30. The van der Waals surface area contributed by atoms with Gasteiger partial charge in [-0.2, -0.15) is 11.8 Å². The summed E-state index contributed by atoms with van der Waals surface area (Å²) in [7, 11) is 0. The average molecular weight is 285 g/mol. The van der Waals surface area contributed by atoms with E-state index in [1.54, 1.807) is 11.3 Å². The van der Waals surface area contributed by atoms with Crippen LogP contribution in [-0.4, -0.2) is 40.1 Å². The van der Waals surface area contributed by atoms with Crippen LogP contribution in [-0.2, 0) is 4.79 Å². The molecule has 2 atom stereocenters. The second-order valence-electron chi connectivity index (χ2n) is 4.71. The molecule has 1 fully saturated rings. The zero-order valence-electron chi connectivity index (χ0n) is 10.8. The molecule has 0 radical (unpaired) electrons. The fourth-order valence-electron chi connectivity index (χ4n) is 2.52. The van der Waals surface area contributed by atoms with Gasteiger partial charge in [-0.15, -0.1) is 11.3 Å². The van der Waals surface area contributed by atoms with Crippen molar-refractivity contribution in [2.45, 2.75) is 32.4 Å². The molecule has 100 valence electrons. The van der Waals surface area contributed by atoms with Gasteiger partial charge in [0.05, 0.1) is 6.42 Å². The highest BCUT2D eigenvalue weighted by molar-refractivity contribution is 7.99. The number of hydrogen-bond acceptors (Lipinski definition) is 4. The summed E-state index contributed by atoms with van der Waals surface area (Å²) in [4.78, 5) is 14.7. The fourth-order valence-corrected chi connectivity index (χ4v) is 4.61. The van der Waals surface area contributed by atoms with Gasteiger partial charge >= 0.3 is 5.97 Å². The molecule has 0 bridgehead atoms. The summed E-state index contributed by atoms with van der Waals surface area (Å²) in [5.74, 6) is 1.34. The summed E-state index contributed by atoms with van der Waals surface area (Å²) in [6, 6.07) is 2.63. The molecule has 0 spiro atoms. The summed E-state index contributed by atoms with van der Waals surface area (Å²) in [5, 5.41) is 11.1. The molecule has 0 amide bonds. The summed E-state index contributed by atoms with van der Waals surface area (Å²) in [6.07, 6.45) is 0.252. The maximum Gasteiger partial charge on any atom is 0.304 e. The minimum atomic E-state index is -0.692. The third-order valence-electron chi connectivity index (χ3n) is 3.46. The van der Waals surface area contributed by atoms with E-state index in [1.807, 2.05) is 11.8 Å². The number of aryl methyl sites for hydroxylation is 1. The van der Waals surface area contributed by atoms with Gasteiger partial charge in [0.15, 0.2) is 0 Å². The number of carboxylic acid groups (broad SMARTS) is 1. The zero-order chi connectivity index (χ0) is 13.1. The molecule has 1 N–H and O–H groups in total. The Labute approximate surface area is 116 Å². The van der Waals surface area contributed by atoms with Crippen molar-refractivity contribution in [3.8, 4) is 0 Å². The number of thioether (sulfide) groups is 1. The van der Waals surface area contributed by atoms with E-state index in [4.69, 9.17) is 5.11 Å². The first-order valence-electron chi connectivity index (χ1n) is 6.19. The maximum absolute atomic E-state index is 11.0. The van der Waals surface area contributed by atoms with Gasteiger partial charge in [0, 0.05) is 35.0 Å². The molecule has 5 heteroatoms. The largest absolute Gasteiger partial charge is 0.481 e. The van der Waals surface area contributed by atoms with E-state index < -0.39 is 5.97 Å². The van der Waals surface area contributed by atoms with E-state index in [0.717, 1.165) is 18.1 Å². The lowest BCUT2D eigenvalue weighted by atomic mass is 10.1. The van der Waals surface area contributed by atoms with Crippen LogP contribution >= 0.6 is 23.1 Å². The molecule has 3 nitrogen and oxygen atoms in total. The van der Waals surface area contributed by atoms with E-state index in [0.29, 0.717) is 6.04 Å². The number of hydrogen-bond donors (Lipinski definition) is 1. The van der Waals surface area contributed by atoms with E-state index >= 15 is 0 Å². The lowest BCUT2D eigenvalue weighted by Gasteiger charge is -2.38. The van der Waals surface area contributed by atoms with Crippen molar-refractivity contribution in [2.24, 2.45) is 0 Å². The predicted octanol–water partition coefficient (Wildman–Crippen LogP) is 3.01. The highest BCUT2D eigenvalue weighted by atomic mass is 32.2. The Morgan fingerprint density at radius 3 is 3.06 bits per heavy atom. The van der Waals surface area contributed by atoms with Gasteiger partial charge in [-0.25, -0.2) is 0 Å². The molecular formula is C13H19NO2S2. The molecule has 1 aliphatic rings. The molecule has 1 saturated heterocycles. The van der Waals surface area contributed by atoms with Gasteiger partial charge in [0.1, 0.15) is 0 Å². The first-order valence-corrected chi connectivity index (χ1v) is 8.22. The predicted molar refractivity (Wildman–Crippen MR) is 77.5 cm³/mol. The van der Waals surface area contributed by atoms with Crippen molar-refractivity contribution in [1.82, 2.24) is 4.90 Å². The molecule has 1 aromatic heterocycles. The average Bonchev–Trinajstić information content (AvgIpc) is 2.74. The van der Waals surface area contributed by atoms with Crippen molar-refractivity contribution >= 4 is 29.1 Å². The standard InChI is InChI=1S/C13H19NO2S2/c1-9-3-5-18-13(9)10(2)14-4-6-17-8-11(14)7-12(15)16/h3,5,10-11H,4,6-8H2,1-2H3,(H,15,16). The highest BCUT2D eigenvalue weighted by Crippen LogP contribution is 2.33. The van der Waals surface area contributed by atoms with Crippen LogP contribution in [0.4, 0.5) is 0 Å². The SMILES string of the molecule is Cc1ccsc1C(C)N1CCSCC1CC(=O)O. The van der Waals surface area contributed by atoms with Crippen LogP contribution < -0.4 is 0 Å². The second kappa shape index (κ2) is 6.08. The minimum absolute atomic E-state index is 0.165. The molecular weight excluding hydrogens is 266 g/mol. The fraction of sp³-hybridized carbons (Fsp3) is 0.615. The van der Waals surface area contributed by atoms with Crippen molar-refractivity contribution in [3.63, 3.8) is 0 Å². The second-order valence-corrected chi connectivity index (χ2v) is 6.81. The molecule has 1 aliphatic heterocycles. The zero-order valence-corrected chi connectivity index (χ0v) is 12.4. The van der Waals surface area contributed by atoms with Crippen LogP contribution in [0.3, 0.4) is 0 Å². The van der Waals surface area contributed by atoms with Crippen molar-refractivity contribution in [3.05, 3.63) is 21.9 Å². The van der Waals surface area contributed by atoms with Gasteiger partial charge in [0.25, 0.3) is 0 Å². The van der Waals surface area contributed by atoms with E-state index in [2.05, 4.69) is 30.2 Å². The summed E-state index contributed by atoms with van der Waals surface area (Å²) >= 11 is 3.64. The van der Waals surface area contributed by atoms with Gasteiger partial charge in [-0.3, -0.25) is 9.69 Å². The van der Waals surface area contributed by atoms with Crippen molar-refractivity contribution < 1.29 is 9.90 Å². The molecule has 1 aromatic rings. The first kappa shape index (κ1) is 13.9. The molecule has 0 saturated carbocycles. The lowest BCUT2D eigenvalue weighted by Crippen LogP contribution is -2.44. The number of rotatable bonds is 4. The van der Waals surface area contributed by atoms with Gasteiger partial charge in [-0.1, -0.05) is 0 Å². The smallest absolute Gasteiger partial charge is 0.304 e. The van der Waals surface area contributed by atoms with Crippen LogP contribution in [0, 0.1) is 6.92 Å². The van der Waals surface area contributed by atoms with Crippen LogP contribution in [0.5, 0.6) is 0 Å². The Balaban J connectivity index is 2.13. The lowest BCUT2D eigenvalue weighted by molar-refractivity contribution is -0.138. The number of carboxylic acids is 1. The summed E-state index contributed by atoms with van der Waals surface area (Å²) < 4.78 is 0. The van der Waals surface area contributed by atoms with E-state index in [-0.39, 0.29) is 12.5 Å². The Morgan fingerprint density at radius 2 is 2.44 bits per heavy atom. The molecule has 2 rings (SSSR count). The molecule has 0 aliphatic carbocycles. The first-order chi connectivity index (χ1) is 8.59. The number of carbonyl (C=O) groups is 1. The van der Waals surface area contributed by atoms with Crippen LogP contribution in [0.15, 0.2) is 11.4 Å².